The van der Waals surface area contributed by atoms with Crippen LogP contribution in [0.4, 0.5) is 10.1 Å². The van der Waals surface area contributed by atoms with E-state index in [1.165, 1.54) is 24.3 Å². The normalized spacial score (nSPS) is 16.8. The monoisotopic (exact) mass is 395 g/mol. The van der Waals surface area contributed by atoms with Gasteiger partial charge in [0.15, 0.2) is 5.65 Å². The number of benzene rings is 1. The summed E-state index contributed by atoms with van der Waals surface area (Å²) >= 11 is 0. The van der Waals surface area contributed by atoms with Crippen LogP contribution >= 0.6 is 0 Å². The van der Waals surface area contributed by atoms with Gasteiger partial charge in [0, 0.05) is 31.1 Å². The molecule has 4 rings (SSSR count). The lowest BCUT2D eigenvalue weighted by Crippen LogP contribution is -2.43. The molecule has 0 aliphatic carbocycles. The van der Waals surface area contributed by atoms with Gasteiger partial charge >= 0.3 is 0 Å². The number of aryl methyl sites for hydroxylation is 2. The lowest BCUT2D eigenvalue weighted by Gasteiger charge is -2.32. The van der Waals surface area contributed by atoms with E-state index in [0.717, 1.165) is 23.1 Å². The fourth-order valence-corrected chi connectivity index (χ4v) is 3.77. The largest absolute Gasteiger partial charge is 0.338 e. The van der Waals surface area contributed by atoms with Crippen molar-refractivity contribution < 1.29 is 14.0 Å². The summed E-state index contributed by atoms with van der Waals surface area (Å²) in [4.78, 5) is 31.5. The molecular weight excluding hydrogens is 373 g/mol. The molecule has 1 saturated heterocycles. The highest BCUT2D eigenvalue weighted by Gasteiger charge is 2.29. The number of piperidine rings is 1. The van der Waals surface area contributed by atoms with Crippen molar-refractivity contribution in [3.8, 4) is 0 Å². The van der Waals surface area contributed by atoms with Gasteiger partial charge < -0.3 is 10.2 Å². The molecule has 0 radical (unpaired) electrons. The minimum absolute atomic E-state index is 0.135. The number of nitrogens with zero attached hydrogens (tertiary/aromatic N) is 4. The number of rotatable bonds is 3. The van der Waals surface area contributed by atoms with E-state index < -0.39 is 0 Å². The fraction of sp³-hybridized carbons (Fsp3) is 0.333. The maximum Gasteiger partial charge on any atom is 0.253 e. The minimum atomic E-state index is -0.383. The number of anilines is 1. The Morgan fingerprint density at radius 2 is 2.00 bits per heavy atom. The number of aromatic nitrogens is 3. The van der Waals surface area contributed by atoms with E-state index >= 15 is 0 Å². The van der Waals surface area contributed by atoms with Crippen LogP contribution in [-0.4, -0.2) is 44.6 Å². The Bertz CT molecular complexity index is 1080. The molecule has 8 heteroatoms. The van der Waals surface area contributed by atoms with Crippen molar-refractivity contribution in [2.75, 3.05) is 18.4 Å². The van der Waals surface area contributed by atoms with E-state index in [9.17, 15) is 14.0 Å². The number of hydrogen-bond acceptors (Lipinski definition) is 4. The van der Waals surface area contributed by atoms with Crippen LogP contribution < -0.4 is 5.32 Å². The topological polar surface area (TPSA) is 80.1 Å². The maximum absolute atomic E-state index is 13.1. The van der Waals surface area contributed by atoms with Crippen LogP contribution in [0.5, 0.6) is 0 Å². The van der Waals surface area contributed by atoms with Gasteiger partial charge in [-0.1, -0.05) is 0 Å². The summed E-state index contributed by atoms with van der Waals surface area (Å²) < 4.78 is 14.8. The Kier molecular flexibility index (Phi) is 5.00. The first-order valence-corrected chi connectivity index (χ1v) is 9.57. The number of pyridine rings is 1. The van der Waals surface area contributed by atoms with Gasteiger partial charge in [-0.3, -0.25) is 14.3 Å². The molecule has 0 saturated carbocycles. The van der Waals surface area contributed by atoms with Gasteiger partial charge in [-0.25, -0.2) is 9.37 Å². The fourth-order valence-electron chi connectivity index (χ4n) is 3.77. The summed E-state index contributed by atoms with van der Waals surface area (Å²) in [5, 5.41) is 8.15. The smallest absolute Gasteiger partial charge is 0.253 e. The minimum Gasteiger partial charge on any atom is -0.338 e. The highest BCUT2D eigenvalue weighted by atomic mass is 19.1. The van der Waals surface area contributed by atoms with Gasteiger partial charge in [-0.05, 0) is 50.1 Å². The Balaban J connectivity index is 1.45. The second-order valence-corrected chi connectivity index (χ2v) is 7.39. The van der Waals surface area contributed by atoms with Crippen molar-refractivity contribution in [1.82, 2.24) is 19.7 Å². The molecule has 1 aliphatic rings. The molecule has 1 atom stereocenters. The van der Waals surface area contributed by atoms with Crippen molar-refractivity contribution in [1.29, 1.82) is 0 Å². The second kappa shape index (κ2) is 7.62. The van der Waals surface area contributed by atoms with Crippen LogP contribution in [0.2, 0.25) is 0 Å². The molecule has 1 N–H and O–H groups in total. The summed E-state index contributed by atoms with van der Waals surface area (Å²) in [5.74, 6) is -1.01. The lowest BCUT2D eigenvalue weighted by molar-refractivity contribution is -0.121. The Labute approximate surface area is 167 Å². The van der Waals surface area contributed by atoms with Crippen molar-refractivity contribution in [3.05, 3.63) is 53.6 Å². The van der Waals surface area contributed by atoms with Gasteiger partial charge in [0.25, 0.3) is 5.91 Å². The van der Waals surface area contributed by atoms with E-state index in [1.807, 2.05) is 20.0 Å². The average Bonchev–Trinajstić information content (AvgIpc) is 3.01. The molecule has 29 heavy (non-hydrogen) atoms. The molecule has 2 amide bonds. The first-order valence-electron chi connectivity index (χ1n) is 9.57. The molecule has 1 aromatic carbocycles. The van der Waals surface area contributed by atoms with Crippen LogP contribution in [0.25, 0.3) is 11.0 Å². The molecule has 150 valence electrons. The number of halogens is 1. The van der Waals surface area contributed by atoms with Gasteiger partial charge in [0.05, 0.1) is 23.5 Å². The molecule has 0 bridgehead atoms. The zero-order valence-electron chi connectivity index (χ0n) is 16.4. The highest BCUT2D eigenvalue weighted by molar-refractivity contribution is 5.97. The average molecular weight is 395 g/mol. The van der Waals surface area contributed by atoms with Crippen molar-refractivity contribution in [2.24, 2.45) is 13.0 Å². The van der Waals surface area contributed by atoms with Crippen molar-refractivity contribution in [3.63, 3.8) is 0 Å². The van der Waals surface area contributed by atoms with E-state index in [2.05, 4.69) is 15.4 Å². The summed E-state index contributed by atoms with van der Waals surface area (Å²) in [6.07, 6.45) is 3.07. The van der Waals surface area contributed by atoms with Gasteiger partial charge in [-0.15, -0.1) is 0 Å². The Hall–Kier alpha value is -3.29. The molecule has 3 heterocycles. The molecular formula is C21H22FN5O2. The maximum atomic E-state index is 13.1. The standard InChI is InChI=1S/C21H22FN5O2/c1-13-18-10-17(11-23-19(18)26(2)25-13)24-20(28)15-4-3-9-27(12-15)21(29)14-5-7-16(22)8-6-14/h5-8,10-11,15H,3-4,9,12H2,1-2H3,(H,24,28). The third-order valence-electron chi connectivity index (χ3n) is 5.30. The molecule has 7 nitrogen and oxygen atoms in total. The van der Waals surface area contributed by atoms with E-state index in [1.54, 1.807) is 15.8 Å². The van der Waals surface area contributed by atoms with Gasteiger partial charge in [0.2, 0.25) is 5.91 Å². The SMILES string of the molecule is Cc1nn(C)c2ncc(NC(=O)C3CCCN(C(=O)c4ccc(F)cc4)C3)cc12. The third kappa shape index (κ3) is 3.83. The second-order valence-electron chi connectivity index (χ2n) is 7.39. The summed E-state index contributed by atoms with van der Waals surface area (Å²) in [7, 11) is 1.83. The zero-order chi connectivity index (χ0) is 20.5. The number of carbonyl (C=O) groups is 2. The molecule has 1 unspecified atom stereocenters. The van der Waals surface area contributed by atoms with Crippen LogP contribution in [0.1, 0.15) is 28.9 Å². The van der Waals surface area contributed by atoms with Crippen molar-refractivity contribution >= 4 is 28.5 Å². The first kappa shape index (κ1) is 19.0. The number of nitrogens with one attached hydrogen (secondary N) is 1. The van der Waals surface area contributed by atoms with Gasteiger partial charge in [-0.2, -0.15) is 5.10 Å². The Morgan fingerprint density at radius 1 is 1.24 bits per heavy atom. The van der Waals surface area contributed by atoms with E-state index in [-0.39, 0.29) is 23.5 Å². The predicted octanol–water partition coefficient (Wildman–Crippen LogP) is 2.91. The molecule has 0 spiro atoms. The van der Waals surface area contributed by atoms with Crippen LogP contribution in [0.15, 0.2) is 36.5 Å². The summed E-state index contributed by atoms with van der Waals surface area (Å²) in [6, 6.07) is 7.35. The van der Waals surface area contributed by atoms with Crippen molar-refractivity contribution in [2.45, 2.75) is 19.8 Å². The quantitative estimate of drug-likeness (QED) is 0.740. The number of hydrogen-bond donors (Lipinski definition) is 1. The summed E-state index contributed by atoms with van der Waals surface area (Å²) in [5.41, 5.74) is 2.64. The van der Waals surface area contributed by atoms with Gasteiger partial charge in [0.1, 0.15) is 5.82 Å². The first-order chi connectivity index (χ1) is 13.9. The van der Waals surface area contributed by atoms with Crippen LogP contribution in [-0.2, 0) is 11.8 Å². The molecule has 1 fully saturated rings. The highest BCUT2D eigenvalue weighted by Crippen LogP contribution is 2.23. The Morgan fingerprint density at radius 3 is 2.76 bits per heavy atom. The number of amides is 2. The van der Waals surface area contributed by atoms with Crippen LogP contribution in [0.3, 0.4) is 0 Å². The number of carbonyl (C=O) groups excluding carboxylic acids is 2. The molecule has 2 aromatic heterocycles. The summed E-state index contributed by atoms with van der Waals surface area (Å²) in [6.45, 7) is 2.82. The number of fused-ring (bicyclic) bond motifs is 1. The molecule has 1 aliphatic heterocycles. The molecule has 3 aromatic rings. The van der Waals surface area contributed by atoms with E-state index in [0.29, 0.717) is 30.8 Å². The lowest BCUT2D eigenvalue weighted by atomic mass is 9.96. The third-order valence-corrected chi connectivity index (χ3v) is 5.30. The van der Waals surface area contributed by atoms with E-state index in [4.69, 9.17) is 0 Å². The van der Waals surface area contributed by atoms with Crippen LogP contribution in [0, 0.1) is 18.7 Å². The zero-order valence-corrected chi connectivity index (χ0v) is 16.4. The predicted molar refractivity (Wildman–Crippen MR) is 107 cm³/mol. The number of likely N-dealkylation sites (tertiary alicyclic amines) is 1.